The van der Waals surface area contributed by atoms with Gasteiger partial charge in [0.05, 0.1) is 18.8 Å². The Bertz CT molecular complexity index is 426. The third-order valence-electron chi connectivity index (χ3n) is 3.55. The van der Waals surface area contributed by atoms with E-state index in [0.717, 1.165) is 30.9 Å². The van der Waals surface area contributed by atoms with Crippen LogP contribution in [0.2, 0.25) is 0 Å². The second kappa shape index (κ2) is 7.07. The third kappa shape index (κ3) is 3.95. The molecule has 0 amide bonds. The number of rotatable bonds is 5. The molecule has 0 spiro atoms. The maximum absolute atomic E-state index is 5.77. The third-order valence-corrected chi connectivity index (χ3v) is 3.55. The zero-order chi connectivity index (χ0) is 14.5. The molecule has 2 atom stereocenters. The molecule has 0 aromatic heterocycles. The molecule has 0 saturated carbocycles. The summed E-state index contributed by atoms with van der Waals surface area (Å²) in [5, 5.41) is 0. The Morgan fingerprint density at radius 1 is 1.30 bits per heavy atom. The summed E-state index contributed by atoms with van der Waals surface area (Å²) in [7, 11) is 0. The number of hydrogen-bond acceptors (Lipinski definition) is 4. The summed E-state index contributed by atoms with van der Waals surface area (Å²) in [6, 6.07) is 6.35. The molecule has 1 saturated heterocycles. The average Bonchev–Trinajstić information content (AvgIpc) is 2.38. The first kappa shape index (κ1) is 15.3. The molecule has 2 unspecified atom stereocenters. The van der Waals surface area contributed by atoms with Gasteiger partial charge < -0.3 is 15.2 Å². The molecule has 1 fully saturated rings. The van der Waals surface area contributed by atoms with Crippen LogP contribution in [0.5, 0.6) is 5.75 Å². The summed E-state index contributed by atoms with van der Waals surface area (Å²) in [6.07, 6.45) is 0.599. The molecule has 1 aliphatic heterocycles. The van der Waals surface area contributed by atoms with Crippen LogP contribution in [-0.4, -0.2) is 36.8 Å². The van der Waals surface area contributed by atoms with E-state index in [0.29, 0.717) is 25.4 Å². The van der Waals surface area contributed by atoms with Crippen molar-refractivity contribution in [2.45, 2.75) is 46.1 Å². The van der Waals surface area contributed by atoms with Crippen molar-refractivity contribution in [2.75, 3.05) is 19.7 Å². The average molecular weight is 278 g/mol. The van der Waals surface area contributed by atoms with Gasteiger partial charge in [-0.25, -0.2) is 0 Å². The molecule has 0 aliphatic carbocycles. The number of morpholine rings is 1. The van der Waals surface area contributed by atoms with Crippen LogP contribution in [0.4, 0.5) is 0 Å². The lowest BCUT2D eigenvalue weighted by atomic mass is 10.1. The minimum Gasteiger partial charge on any atom is -0.494 e. The molecule has 1 heterocycles. The van der Waals surface area contributed by atoms with E-state index >= 15 is 0 Å². The van der Waals surface area contributed by atoms with Crippen LogP contribution >= 0.6 is 0 Å². The zero-order valence-corrected chi connectivity index (χ0v) is 12.8. The smallest absolute Gasteiger partial charge is 0.124 e. The molecule has 2 rings (SSSR count). The van der Waals surface area contributed by atoms with Gasteiger partial charge >= 0.3 is 0 Å². The van der Waals surface area contributed by atoms with Crippen molar-refractivity contribution in [1.29, 1.82) is 0 Å². The summed E-state index contributed by atoms with van der Waals surface area (Å²) in [4.78, 5) is 2.44. The van der Waals surface area contributed by atoms with Gasteiger partial charge in [-0.3, -0.25) is 4.90 Å². The molecule has 0 radical (unpaired) electrons. The Balaban J connectivity index is 2.07. The van der Waals surface area contributed by atoms with E-state index in [1.807, 2.05) is 6.92 Å². The molecule has 4 heteroatoms. The topological polar surface area (TPSA) is 47.7 Å². The summed E-state index contributed by atoms with van der Waals surface area (Å²) in [5.41, 5.74) is 8.08. The Morgan fingerprint density at radius 2 is 2.00 bits per heavy atom. The van der Waals surface area contributed by atoms with Crippen molar-refractivity contribution >= 4 is 0 Å². The molecule has 0 bridgehead atoms. The normalized spacial score (nSPS) is 23.8. The van der Waals surface area contributed by atoms with E-state index in [2.05, 4.69) is 36.9 Å². The Morgan fingerprint density at radius 3 is 2.60 bits per heavy atom. The Kier molecular flexibility index (Phi) is 5.40. The van der Waals surface area contributed by atoms with Crippen LogP contribution in [0.15, 0.2) is 18.2 Å². The fraction of sp³-hybridized carbons (Fsp3) is 0.625. The first-order valence-corrected chi connectivity index (χ1v) is 7.44. The standard InChI is InChI=1S/C16H26N2O2/c1-4-19-16-7-14(5-6-15(16)8-17)11-18-9-12(2)20-13(3)10-18/h5-7,12-13H,4,8-11,17H2,1-3H3. The number of nitrogens with two attached hydrogens (primary N) is 1. The monoisotopic (exact) mass is 278 g/mol. The Labute approximate surface area is 121 Å². The molecule has 1 aliphatic rings. The largest absolute Gasteiger partial charge is 0.494 e. The van der Waals surface area contributed by atoms with Gasteiger partial charge in [0, 0.05) is 31.7 Å². The van der Waals surface area contributed by atoms with E-state index in [-0.39, 0.29) is 0 Å². The van der Waals surface area contributed by atoms with Crippen LogP contribution < -0.4 is 10.5 Å². The van der Waals surface area contributed by atoms with Gasteiger partial charge in [0.1, 0.15) is 5.75 Å². The highest BCUT2D eigenvalue weighted by Crippen LogP contribution is 2.22. The van der Waals surface area contributed by atoms with Crippen LogP contribution in [-0.2, 0) is 17.8 Å². The first-order valence-electron chi connectivity index (χ1n) is 7.44. The minimum absolute atomic E-state index is 0.299. The zero-order valence-electron chi connectivity index (χ0n) is 12.8. The lowest BCUT2D eigenvalue weighted by molar-refractivity contribution is -0.0704. The van der Waals surface area contributed by atoms with Gasteiger partial charge in [0.15, 0.2) is 0 Å². The van der Waals surface area contributed by atoms with Gasteiger partial charge in [-0.1, -0.05) is 12.1 Å². The highest BCUT2D eigenvalue weighted by molar-refractivity contribution is 5.37. The lowest BCUT2D eigenvalue weighted by Crippen LogP contribution is -2.44. The summed E-state index contributed by atoms with van der Waals surface area (Å²) >= 11 is 0. The summed E-state index contributed by atoms with van der Waals surface area (Å²) in [5.74, 6) is 0.918. The first-order chi connectivity index (χ1) is 9.62. The highest BCUT2D eigenvalue weighted by atomic mass is 16.5. The van der Waals surface area contributed by atoms with Crippen molar-refractivity contribution < 1.29 is 9.47 Å². The minimum atomic E-state index is 0.299. The molecular formula is C16H26N2O2. The molecule has 20 heavy (non-hydrogen) atoms. The second-order valence-electron chi connectivity index (χ2n) is 5.53. The predicted molar refractivity (Wildman–Crippen MR) is 80.8 cm³/mol. The molecule has 112 valence electrons. The molecule has 1 aromatic carbocycles. The van der Waals surface area contributed by atoms with E-state index in [4.69, 9.17) is 15.2 Å². The highest BCUT2D eigenvalue weighted by Gasteiger charge is 2.22. The fourth-order valence-corrected chi connectivity index (χ4v) is 2.83. The van der Waals surface area contributed by atoms with Crippen molar-refractivity contribution in [2.24, 2.45) is 5.73 Å². The van der Waals surface area contributed by atoms with E-state index in [1.54, 1.807) is 0 Å². The molecule has 1 aromatic rings. The van der Waals surface area contributed by atoms with Crippen LogP contribution in [0.1, 0.15) is 31.9 Å². The van der Waals surface area contributed by atoms with Crippen LogP contribution in [0, 0.1) is 0 Å². The predicted octanol–water partition coefficient (Wildman–Crippen LogP) is 2.15. The lowest BCUT2D eigenvalue weighted by Gasteiger charge is -2.35. The van der Waals surface area contributed by atoms with Gasteiger partial charge in [-0.2, -0.15) is 0 Å². The van der Waals surface area contributed by atoms with Crippen molar-refractivity contribution in [3.05, 3.63) is 29.3 Å². The van der Waals surface area contributed by atoms with E-state index in [9.17, 15) is 0 Å². The van der Waals surface area contributed by atoms with Crippen molar-refractivity contribution in [1.82, 2.24) is 4.90 Å². The van der Waals surface area contributed by atoms with Crippen molar-refractivity contribution in [3.8, 4) is 5.75 Å². The fourth-order valence-electron chi connectivity index (χ4n) is 2.83. The van der Waals surface area contributed by atoms with Gasteiger partial charge in [-0.05, 0) is 32.4 Å². The number of benzene rings is 1. The van der Waals surface area contributed by atoms with Crippen LogP contribution in [0.3, 0.4) is 0 Å². The van der Waals surface area contributed by atoms with E-state index < -0.39 is 0 Å². The van der Waals surface area contributed by atoms with E-state index in [1.165, 1.54) is 5.56 Å². The second-order valence-corrected chi connectivity index (χ2v) is 5.53. The summed E-state index contributed by atoms with van der Waals surface area (Å²) in [6.45, 7) is 10.3. The Hall–Kier alpha value is -1.10. The van der Waals surface area contributed by atoms with Gasteiger partial charge in [-0.15, -0.1) is 0 Å². The quantitative estimate of drug-likeness (QED) is 0.896. The van der Waals surface area contributed by atoms with Crippen LogP contribution in [0.25, 0.3) is 0 Å². The SMILES string of the molecule is CCOc1cc(CN2CC(C)OC(C)C2)ccc1CN. The number of hydrogen-bond donors (Lipinski definition) is 1. The van der Waals surface area contributed by atoms with Gasteiger partial charge in [0.25, 0.3) is 0 Å². The maximum atomic E-state index is 5.77. The number of nitrogens with zero attached hydrogens (tertiary/aromatic N) is 1. The molecule has 2 N–H and O–H groups in total. The van der Waals surface area contributed by atoms with Gasteiger partial charge in [0.2, 0.25) is 0 Å². The number of ether oxygens (including phenoxy) is 2. The van der Waals surface area contributed by atoms with Crippen molar-refractivity contribution in [3.63, 3.8) is 0 Å². The maximum Gasteiger partial charge on any atom is 0.124 e. The molecule has 4 nitrogen and oxygen atoms in total. The summed E-state index contributed by atoms with van der Waals surface area (Å²) < 4.78 is 11.4. The molecular weight excluding hydrogens is 252 g/mol.